The van der Waals surface area contributed by atoms with Gasteiger partial charge in [0.05, 0.1) is 11.4 Å². The highest BCUT2D eigenvalue weighted by Gasteiger charge is 2.28. The van der Waals surface area contributed by atoms with E-state index < -0.39 is 0 Å². The molecule has 0 bridgehead atoms. The smallest absolute Gasteiger partial charge is 0.237 e. The average Bonchev–Trinajstić information content (AvgIpc) is 2.38. The zero-order valence-electron chi connectivity index (χ0n) is 10.6. The number of anilines is 1. The third-order valence-electron chi connectivity index (χ3n) is 3.12. The van der Waals surface area contributed by atoms with E-state index in [2.05, 4.69) is 18.2 Å². The van der Waals surface area contributed by atoms with E-state index in [9.17, 15) is 4.79 Å². The first-order chi connectivity index (χ1) is 8.67. The molecule has 1 aliphatic rings. The first-order valence-corrected chi connectivity index (χ1v) is 7.14. The van der Waals surface area contributed by atoms with Crippen molar-refractivity contribution in [2.75, 3.05) is 23.7 Å². The summed E-state index contributed by atoms with van der Waals surface area (Å²) in [6.45, 7) is 3.07. The van der Waals surface area contributed by atoms with Gasteiger partial charge in [-0.25, -0.2) is 0 Å². The Hall–Kier alpha value is -1.04. The molecule has 0 radical (unpaired) electrons. The lowest BCUT2D eigenvalue weighted by Gasteiger charge is -2.33. The molecule has 5 heteroatoms. The van der Waals surface area contributed by atoms with Crippen LogP contribution in [-0.2, 0) is 11.2 Å². The molecule has 1 atom stereocenters. The predicted molar refractivity (Wildman–Crippen MR) is 75.9 cm³/mol. The van der Waals surface area contributed by atoms with Crippen LogP contribution in [-0.4, -0.2) is 30.8 Å². The second-order valence-corrected chi connectivity index (χ2v) is 5.50. The minimum atomic E-state index is 0.0327. The largest absolute Gasteiger partial charge is 0.330 e. The van der Waals surface area contributed by atoms with E-state index in [1.54, 1.807) is 11.8 Å². The van der Waals surface area contributed by atoms with Gasteiger partial charge in [-0.1, -0.05) is 6.07 Å². The Morgan fingerprint density at radius 3 is 2.89 bits per heavy atom. The van der Waals surface area contributed by atoms with Crippen molar-refractivity contribution in [3.05, 3.63) is 23.8 Å². The summed E-state index contributed by atoms with van der Waals surface area (Å²) in [4.78, 5) is 15.0. The van der Waals surface area contributed by atoms with Gasteiger partial charge < -0.3 is 16.4 Å². The van der Waals surface area contributed by atoms with Crippen LogP contribution in [0.5, 0.6) is 0 Å². The predicted octanol–water partition coefficient (Wildman–Crippen LogP) is 0.974. The highest BCUT2D eigenvalue weighted by Crippen LogP contribution is 2.37. The molecule has 4 N–H and O–H groups in total. The van der Waals surface area contributed by atoms with Gasteiger partial charge in [-0.2, -0.15) is 0 Å². The summed E-state index contributed by atoms with van der Waals surface area (Å²) in [5.74, 6) is 0.628. The molecule has 0 spiro atoms. The third kappa shape index (κ3) is 2.53. The third-order valence-corrected chi connectivity index (χ3v) is 4.17. The van der Waals surface area contributed by atoms with Gasteiger partial charge in [-0.3, -0.25) is 4.79 Å². The van der Waals surface area contributed by atoms with Gasteiger partial charge in [-0.15, -0.1) is 11.8 Å². The van der Waals surface area contributed by atoms with Gasteiger partial charge in [0, 0.05) is 17.5 Å². The highest BCUT2D eigenvalue weighted by molar-refractivity contribution is 8.00. The Morgan fingerprint density at radius 2 is 2.22 bits per heavy atom. The number of hydrogen-bond donors (Lipinski definition) is 2. The molecular formula is C13H19N3OS. The topological polar surface area (TPSA) is 72.3 Å². The van der Waals surface area contributed by atoms with Gasteiger partial charge in [-0.05, 0) is 37.6 Å². The van der Waals surface area contributed by atoms with Crippen molar-refractivity contribution >= 4 is 23.4 Å². The molecule has 1 unspecified atom stereocenters. The van der Waals surface area contributed by atoms with Crippen LogP contribution in [0.2, 0.25) is 0 Å². The van der Waals surface area contributed by atoms with E-state index in [0.29, 0.717) is 18.8 Å². The van der Waals surface area contributed by atoms with Crippen LogP contribution in [0.4, 0.5) is 5.69 Å². The highest BCUT2D eigenvalue weighted by atomic mass is 32.2. The number of carbonyl (C=O) groups is 1. The van der Waals surface area contributed by atoms with Crippen LogP contribution >= 0.6 is 11.8 Å². The minimum Gasteiger partial charge on any atom is -0.330 e. The SMILES string of the molecule is CC(CN)N1C(=O)CSc2ccc(CCN)cc21. The number of rotatable bonds is 4. The molecule has 0 aromatic heterocycles. The van der Waals surface area contributed by atoms with E-state index in [-0.39, 0.29) is 11.9 Å². The molecule has 18 heavy (non-hydrogen) atoms. The summed E-state index contributed by atoms with van der Waals surface area (Å²) >= 11 is 1.59. The molecule has 4 nitrogen and oxygen atoms in total. The van der Waals surface area contributed by atoms with E-state index >= 15 is 0 Å². The molecular weight excluding hydrogens is 246 g/mol. The zero-order valence-corrected chi connectivity index (χ0v) is 11.4. The van der Waals surface area contributed by atoms with Crippen LogP contribution in [0.15, 0.2) is 23.1 Å². The van der Waals surface area contributed by atoms with Crippen LogP contribution in [0.3, 0.4) is 0 Å². The fraction of sp³-hybridized carbons (Fsp3) is 0.462. The van der Waals surface area contributed by atoms with E-state index in [1.165, 1.54) is 5.56 Å². The van der Waals surface area contributed by atoms with Crippen molar-refractivity contribution < 1.29 is 4.79 Å². The quantitative estimate of drug-likeness (QED) is 0.851. The maximum Gasteiger partial charge on any atom is 0.237 e. The van der Waals surface area contributed by atoms with Gasteiger partial charge >= 0.3 is 0 Å². The molecule has 1 aromatic rings. The monoisotopic (exact) mass is 265 g/mol. The van der Waals surface area contributed by atoms with Crippen molar-refractivity contribution in [1.29, 1.82) is 0 Å². The molecule has 0 fully saturated rings. The van der Waals surface area contributed by atoms with Crippen molar-refractivity contribution in [3.8, 4) is 0 Å². The standard InChI is InChI=1S/C13H19N3OS/c1-9(7-15)16-11-6-10(4-5-14)2-3-12(11)18-8-13(16)17/h2-3,6,9H,4-5,7-8,14-15H2,1H3. The lowest BCUT2D eigenvalue weighted by Crippen LogP contribution is -2.45. The number of amides is 1. The van der Waals surface area contributed by atoms with Crippen molar-refractivity contribution in [3.63, 3.8) is 0 Å². The van der Waals surface area contributed by atoms with E-state index in [1.807, 2.05) is 11.8 Å². The van der Waals surface area contributed by atoms with Gasteiger partial charge in [0.2, 0.25) is 5.91 Å². The Balaban J connectivity index is 2.39. The first kappa shape index (κ1) is 13.4. The number of nitrogens with zero attached hydrogens (tertiary/aromatic N) is 1. The van der Waals surface area contributed by atoms with Gasteiger partial charge in [0.25, 0.3) is 0 Å². The normalized spacial score (nSPS) is 16.6. The minimum absolute atomic E-state index is 0.0327. The van der Waals surface area contributed by atoms with Gasteiger partial charge in [0.1, 0.15) is 0 Å². The molecule has 1 aliphatic heterocycles. The Morgan fingerprint density at radius 1 is 1.44 bits per heavy atom. The lowest BCUT2D eigenvalue weighted by atomic mass is 10.1. The molecule has 0 saturated carbocycles. The Kier molecular flexibility index (Phi) is 4.27. The number of carbonyl (C=O) groups excluding carboxylic acids is 1. The fourth-order valence-corrected chi connectivity index (χ4v) is 3.01. The van der Waals surface area contributed by atoms with Crippen molar-refractivity contribution in [2.24, 2.45) is 11.5 Å². The summed E-state index contributed by atoms with van der Waals surface area (Å²) < 4.78 is 0. The Bertz CT molecular complexity index is 450. The molecule has 0 saturated heterocycles. The van der Waals surface area contributed by atoms with Crippen LogP contribution in [0.25, 0.3) is 0 Å². The summed E-state index contributed by atoms with van der Waals surface area (Å²) in [5, 5.41) is 0. The molecule has 0 aliphatic carbocycles. The molecule has 1 aromatic carbocycles. The summed E-state index contributed by atoms with van der Waals surface area (Å²) in [5.41, 5.74) is 13.4. The number of hydrogen-bond acceptors (Lipinski definition) is 4. The second kappa shape index (κ2) is 5.73. The molecule has 1 amide bonds. The van der Waals surface area contributed by atoms with Crippen LogP contribution < -0.4 is 16.4 Å². The summed E-state index contributed by atoms with van der Waals surface area (Å²) in [6, 6.07) is 6.26. The lowest BCUT2D eigenvalue weighted by molar-refractivity contribution is -0.116. The average molecular weight is 265 g/mol. The van der Waals surface area contributed by atoms with E-state index in [0.717, 1.165) is 17.0 Å². The zero-order chi connectivity index (χ0) is 13.1. The maximum absolute atomic E-state index is 12.1. The number of thioether (sulfide) groups is 1. The number of benzene rings is 1. The number of nitrogens with two attached hydrogens (primary N) is 2. The number of fused-ring (bicyclic) bond motifs is 1. The summed E-state index contributed by atoms with van der Waals surface area (Å²) in [7, 11) is 0. The second-order valence-electron chi connectivity index (χ2n) is 4.48. The first-order valence-electron chi connectivity index (χ1n) is 6.15. The van der Waals surface area contributed by atoms with Crippen LogP contribution in [0.1, 0.15) is 12.5 Å². The molecule has 2 rings (SSSR count). The van der Waals surface area contributed by atoms with E-state index in [4.69, 9.17) is 11.5 Å². The maximum atomic E-state index is 12.1. The van der Waals surface area contributed by atoms with Crippen molar-refractivity contribution in [2.45, 2.75) is 24.3 Å². The van der Waals surface area contributed by atoms with Crippen molar-refractivity contribution in [1.82, 2.24) is 0 Å². The molecule has 1 heterocycles. The van der Waals surface area contributed by atoms with Gasteiger partial charge in [0.15, 0.2) is 0 Å². The molecule has 98 valence electrons. The Labute approximate surface area is 112 Å². The summed E-state index contributed by atoms with van der Waals surface area (Å²) in [6.07, 6.45) is 0.830. The fourth-order valence-electron chi connectivity index (χ4n) is 2.13. The van der Waals surface area contributed by atoms with Crippen LogP contribution in [0, 0.1) is 0 Å².